The lowest BCUT2D eigenvalue weighted by Gasteiger charge is -2.23. The molecule has 118 valence electrons. The highest BCUT2D eigenvalue weighted by molar-refractivity contribution is 7.79. The minimum Gasteiger partial charge on any atom is -0.772 e. The predicted molar refractivity (Wildman–Crippen MR) is 69.3 cm³/mol. The number of hydrogen-bond acceptors (Lipinski definition) is 2. The number of hydrogen-bond donors (Lipinski definition) is 1. The van der Waals surface area contributed by atoms with Crippen LogP contribution in [0.2, 0.25) is 0 Å². The van der Waals surface area contributed by atoms with Crippen LogP contribution in [0, 0.1) is 0 Å². The van der Waals surface area contributed by atoms with E-state index >= 15 is 0 Å². The van der Waals surface area contributed by atoms with Gasteiger partial charge in [-0.05, 0) is 40.0 Å². The summed E-state index contributed by atoms with van der Waals surface area (Å²) in [6, 6.07) is 0.657. The molecule has 0 radical (unpaired) electrons. The molecule has 0 aliphatic rings. The van der Waals surface area contributed by atoms with E-state index in [1.165, 1.54) is 0 Å². The van der Waals surface area contributed by atoms with Crippen molar-refractivity contribution in [2.24, 2.45) is 0 Å². The Morgan fingerprint density at radius 3 is 1.89 bits per heavy atom. The van der Waals surface area contributed by atoms with E-state index in [1.54, 1.807) is 4.90 Å². The number of halogens is 4. The highest BCUT2D eigenvalue weighted by Gasteiger charge is 2.20. The van der Waals surface area contributed by atoms with E-state index in [0.29, 0.717) is 11.8 Å². The molecule has 2 unspecified atom stereocenters. The van der Waals surface area contributed by atoms with Crippen molar-refractivity contribution in [3.05, 3.63) is 0 Å². The van der Waals surface area contributed by atoms with Gasteiger partial charge in [0.25, 0.3) is 0 Å². The Balaban J connectivity index is 0. The SMILES string of the molecule is CC[NH+](CC)C(C)CCCCS(=O)[O-].F[B-](F)(F)F. The third-order valence-corrected chi connectivity index (χ3v) is 3.43. The van der Waals surface area contributed by atoms with Crippen LogP contribution in [0.3, 0.4) is 0 Å². The molecule has 0 aliphatic carbocycles. The summed E-state index contributed by atoms with van der Waals surface area (Å²) >= 11 is -1.85. The van der Waals surface area contributed by atoms with E-state index in [1.807, 2.05) is 0 Å². The van der Waals surface area contributed by atoms with Crippen molar-refractivity contribution in [3.63, 3.8) is 0 Å². The first-order chi connectivity index (χ1) is 8.61. The van der Waals surface area contributed by atoms with E-state index in [4.69, 9.17) is 0 Å². The summed E-state index contributed by atoms with van der Waals surface area (Å²) in [5, 5.41) is 0. The maximum atomic E-state index is 10.3. The second kappa shape index (κ2) is 11.7. The van der Waals surface area contributed by atoms with E-state index in [9.17, 15) is 26.0 Å². The zero-order chi connectivity index (χ0) is 15.5. The molecule has 0 rings (SSSR count). The average molecular weight is 308 g/mol. The molecule has 2 atom stereocenters. The number of unbranched alkanes of at least 4 members (excludes halogenated alkanes) is 1. The van der Waals surface area contributed by atoms with Crippen LogP contribution in [-0.4, -0.2) is 40.9 Å². The molecule has 0 aromatic rings. The molecule has 3 nitrogen and oxygen atoms in total. The maximum absolute atomic E-state index is 10.3. The van der Waals surface area contributed by atoms with E-state index in [-0.39, 0.29) is 0 Å². The molecule has 0 heterocycles. The fraction of sp³-hybridized carbons (Fsp3) is 1.00. The van der Waals surface area contributed by atoms with Gasteiger partial charge in [0.2, 0.25) is 0 Å². The minimum atomic E-state index is -6.00. The molecule has 0 bridgehead atoms. The Hall–Kier alpha value is -0.145. The summed E-state index contributed by atoms with van der Waals surface area (Å²) in [7, 11) is -6.00. The van der Waals surface area contributed by atoms with Crippen molar-refractivity contribution in [3.8, 4) is 0 Å². The first-order valence-electron chi connectivity index (χ1n) is 6.39. The Labute approximate surface area is 115 Å². The van der Waals surface area contributed by atoms with Crippen LogP contribution < -0.4 is 4.90 Å². The Morgan fingerprint density at radius 2 is 1.58 bits per heavy atom. The van der Waals surface area contributed by atoms with Gasteiger partial charge in [-0.1, -0.05) is 11.1 Å². The van der Waals surface area contributed by atoms with Crippen LogP contribution in [0.1, 0.15) is 40.0 Å². The maximum Gasteiger partial charge on any atom is 0.673 e. The summed E-state index contributed by atoms with van der Waals surface area (Å²) < 4.78 is 59.6. The lowest BCUT2D eigenvalue weighted by atomic mass is 10.1. The number of nitrogens with one attached hydrogen (secondary N) is 1. The monoisotopic (exact) mass is 308 g/mol. The number of quaternary nitrogens is 1. The fourth-order valence-electron chi connectivity index (χ4n) is 1.82. The topological polar surface area (TPSA) is 44.6 Å². The normalized spacial score (nSPS) is 14.8. The van der Waals surface area contributed by atoms with Crippen LogP contribution in [0.4, 0.5) is 17.3 Å². The molecule has 9 heteroatoms. The molecule has 19 heavy (non-hydrogen) atoms. The van der Waals surface area contributed by atoms with Crippen LogP contribution in [0.5, 0.6) is 0 Å². The second-order valence-electron chi connectivity index (χ2n) is 4.26. The van der Waals surface area contributed by atoms with Gasteiger partial charge in [0, 0.05) is 5.75 Å². The first kappa shape index (κ1) is 21.2. The molecular formula is C10H23BF4NO2S-. The second-order valence-corrected chi connectivity index (χ2v) is 5.28. The van der Waals surface area contributed by atoms with Crippen LogP contribution >= 0.6 is 0 Å². The molecule has 0 aliphatic heterocycles. The number of rotatable bonds is 8. The molecule has 0 spiro atoms. The summed E-state index contributed by atoms with van der Waals surface area (Å²) in [5.41, 5.74) is 0. The van der Waals surface area contributed by atoms with Crippen molar-refractivity contribution in [1.82, 2.24) is 0 Å². The lowest BCUT2D eigenvalue weighted by molar-refractivity contribution is -0.920. The third kappa shape index (κ3) is 20.3. The largest absolute Gasteiger partial charge is 0.772 e. The highest BCUT2D eigenvalue weighted by Crippen LogP contribution is 2.06. The van der Waals surface area contributed by atoms with Crippen LogP contribution in [-0.2, 0) is 11.1 Å². The van der Waals surface area contributed by atoms with Gasteiger partial charge in [-0.3, -0.25) is 4.21 Å². The zero-order valence-electron chi connectivity index (χ0n) is 11.6. The van der Waals surface area contributed by atoms with Crippen molar-refractivity contribution >= 4 is 18.3 Å². The Kier molecular flexibility index (Phi) is 13.0. The van der Waals surface area contributed by atoms with Crippen molar-refractivity contribution in [2.45, 2.75) is 46.1 Å². The first-order valence-corrected chi connectivity index (χ1v) is 7.63. The summed E-state index contributed by atoms with van der Waals surface area (Å²) in [4.78, 5) is 1.60. The van der Waals surface area contributed by atoms with Crippen molar-refractivity contribution in [2.75, 3.05) is 18.8 Å². The van der Waals surface area contributed by atoms with Gasteiger partial charge in [-0.15, -0.1) is 0 Å². The molecule has 1 N–H and O–H groups in total. The van der Waals surface area contributed by atoms with Gasteiger partial charge in [0.1, 0.15) is 0 Å². The van der Waals surface area contributed by atoms with Gasteiger partial charge < -0.3 is 26.7 Å². The molecule has 0 aromatic heterocycles. The highest BCUT2D eigenvalue weighted by atomic mass is 32.2. The van der Waals surface area contributed by atoms with Gasteiger partial charge >= 0.3 is 7.25 Å². The Morgan fingerprint density at radius 1 is 1.16 bits per heavy atom. The van der Waals surface area contributed by atoms with Crippen LogP contribution in [0.25, 0.3) is 0 Å². The van der Waals surface area contributed by atoms with Crippen LogP contribution in [0.15, 0.2) is 0 Å². The van der Waals surface area contributed by atoms with Gasteiger partial charge in [-0.25, -0.2) is 0 Å². The van der Waals surface area contributed by atoms with Gasteiger partial charge in [-0.2, -0.15) is 0 Å². The van der Waals surface area contributed by atoms with E-state index < -0.39 is 18.3 Å². The minimum absolute atomic E-state index is 0.320. The average Bonchev–Trinajstić information content (AvgIpc) is 2.23. The third-order valence-electron chi connectivity index (χ3n) is 2.80. The van der Waals surface area contributed by atoms with E-state index in [2.05, 4.69) is 20.8 Å². The molecule has 0 saturated carbocycles. The standard InChI is InChI=1S/C10H23NO2S.BF4/c1-4-11(5-2)10(3)8-6-7-9-14(12)13;2-1(3,4)5/h10H,4-9H2,1-3H3,(H,12,13);/q;-1. The molecule has 0 fully saturated rings. The van der Waals surface area contributed by atoms with Crippen molar-refractivity contribution < 1.29 is 30.9 Å². The lowest BCUT2D eigenvalue weighted by Crippen LogP contribution is -3.14. The van der Waals surface area contributed by atoms with Crippen molar-refractivity contribution in [1.29, 1.82) is 0 Å². The summed E-state index contributed by atoms with van der Waals surface area (Å²) in [6.45, 7) is 8.96. The Bertz CT molecular complexity index is 234. The zero-order valence-corrected chi connectivity index (χ0v) is 12.5. The van der Waals surface area contributed by atoms with Gasteiger partial charge in [0.15, 0.2) is 0 Å². The molecule has 0 amide bonds. The fourth-order valence-corrected chi connectivity index (χ4v) is 2.26. The predicted octanol–water partition coefficient (Wildman–Crippen LogP) is 1.65. The quantitative estimate of drug-likeness (QED) is 0.321. The molecular weight excluding hydrogens is 285 g/mol. The van der Waals surface area contributed by atoms with Gasteiger partial charge in [0.05, 0.1) is 19.1 Å². The molecule has 0 aromatic carbocycles. The van der Waals surface area contributed by atoms with E-state index in [0.717, 1.165) is 32.4 Å². The smallest absolute Gasteiger partial charge is 0.673 e. The summed E-state index contributed by atoms with van der Waals surface area (Å²) in [5.74, 6) is 0.320. The summed E-state index contributed by atoms with van der Waals surface area (Å²) in [6.07, 6.45) is 2.97. The molecule has 0 saturated heterocycles.